The van der Waals surface area contributed by atoms with Crippen LogP contribution in [0.5, 0.6) is 11.5 Å². The fourth-order valence-corrected chi connectivity index (χ4v) is 4.94. The van der Waals surface area contributed by atoms with Gasteiger partial charge in [0, 0.05) is 37.5 Å². The number of rotatable bonds is 8. The van der Waals surface area contributed by atoms with Crippen LogP contribution >= 0.6 is 0 Å². The van der Waals surface area contributed by atoms with Crippen LogP contribution in [0.15, 0.2) is 66.8 Å². The van der Waals surface area contributed by atoms with Crippen molar-refractivity contribution in [1.29, 1.82) is 0 Å². The Bertz CT molecular complexity index is 1300. The Kier molecular flexibility index (Phi) is 6.50. The summed E-state index contributed by atoms with van der Waals surface area (Å²) >= 11 is 0. The second kappa shape index (κ2) is 9.89. The largest absolute Gasteiger partial charge is 0.507 e. The molecule has 0 bridgehead atoms. The number of benzene rings is 2. The summed E-state index contributed by atoms with van der Waals surface area (Å²) in [6, 6.07) is 12.0. The molecule has 8 nitrogen and oxygen atoms in total. The van der Waals surface area contributed by atoms with Gasteiger partial charge in [0.2, 0.25) is 0 Å². The Labute approximate surface area is 209 Å². The number of Topliss-reactive ketones (excluding diaryl/α,β-unsaturated/α-hetero) is 1. The van der Waals surface area contributed by atoms with Crippen LogP contribution in [0.2, 0.25) is 0 Å². The summed E-state index contributed by atoms with van der Waals surface area (Å²) in [4.78, 5) is 32.1. The average Bonchev–Trinajstić information content (AvgIpc) is 3.58. The first-order valence-electron chi connectivity index (χ1n) is 12.2. The van der Waals surface area contributed by atoms with Crippen molar-refractivity contribution >= 4 is 17.4 Å². The van der Waals surface area contributed by atoms with Crippen molar-refractivity contribution in [3.63, 3.8) is 0 Å². The molecule has 2 atom stereocenters. The van der Waals surface area contributed by atoms with Gasteiger partial charge in [-0.25, -0.2) is 4.98 Å². The maximum Gasteiger partial charge on any atom is 0.295 e. The van der Waals surface area contributed by atoms with E-state index < -0.39 is 17.7 Å². The predicted molar refractivity (Wildman–Crippen MR) is 134 cm³/mol. The number of aromatic nitrogens is 2. The number of nitrogens with zero attached hydrogens (tertiary/aromatic N) is 3. The standard InChI is InChI=1S/C28H29N3O5/c1-3-35-22-8-5-19(6-9-22)25-24(26(32)20-7-10-23-21(16-20)15-18(2)36-23)27(33)28(34)31(25)13-4-12-30-14-11-29-17-30/h5-11,14,16-18,25,32H,3-4,12-13,15H2,1-2H3/t18-,25+/m0/s1. The molecule has 8 heteroatoms. The lowest BCUT2D eigenvalue weighted by Gasteiger charge is -2.25. The maximum atomic E-state index is 13.3. The highest BCUT2D eigenvalue weighted by atomic mass is 16.5. The molecule has 0 spiro atoms. The molecule has 2 aliphatic rings. The van der Waals surface area contributed by atoms with Crippen molar-refractivity contribution in [2.24, 2.45) is 0 Å². The third-order valence-electron chi connectivity index (χ3n) is 6.59. The van der Waals surface area contributed by atoms with Gasteiger partial charge in [-0.2, -0.15) is 0 Å². The molecule has 0 saturated carbocycles. The second-order valence-electron chi connectivity index (χ2n) is 9.10. The van der Waals surface area contributed by atoms with E-state index >= 15 is 0 Å². The Morgan fingerprint density at radius 1 is 1.17 bits per heavy atom. The molecular formula is C28H29N3O5. The highest BCUT2D eigenvalue weighted by molar-refractivity contribution is 6.46. The minimum Gasteiger partial charge on any atom is -0.507 e. The van der Waals surface area contributed by atoms with Gasteiger partial charge < -0.3 is 24.0 Å². The number of hydrogen-bond donors (Lipinski definition) is 1. The number of fused-ring (bicyclic) bond motifs is 1. The Balaban J connectivity index is 1.52. The predicted octanol–water partition coefficient (Wildman–Crippen LogP) is 4.12. The topological polar surface area (TPSA) is 93.9 Å². The molecule has 0 aliphatic carbocycles. The van der Waals surface area contributed by atoms with E-state index in [2.05, 4.69) is 4.98 Å². The third kappa shape index (κ3) is 4.46. The molecule has 1 aromatic heterocycles. The number of ketones is 1. The highest BCUT2D eigenvalue weighted by Crippen LogP contribution is 2.41. The summed E-state index contributed by atoms with van der Waals surface area (Å²) in [5.41, 5.74) is 2.30. The molecule has 36 heavy (non-hydrogen) atoms. The van der Waals surface area contributed by atoms with E-state index in [4.69, 9.17) is 9.47 Å². The quantitative estimate of drug-likeness (QED) is 0.292. The van der Waals surface area contributed by atoms with Crippen LogP contribution in [0.25, 0.3) is 5.76 Å². The first-order chi connectivity index (χ1) is 17.5. The number of amides is 1. The van der Waals surface area contributed by atoms with Crippen LogP contribution in [-0.2, 0) is 22.6 Å². The zero-order valence-electron chi connectivity index (χ0n) is 20.4. The number of likely N-dealkylation sites (tertiary alicyclic amines) is 1. The minimum atomic E-state index is -0.702. The molecule has 1 saturated heterocycles. The molecule has 3 aromatic rings. The van der Waals surface area contributed by atoms with Crippen molar-refractivity contribution < 1.29 is 24.2 Å². The lowest BCUT2D eigenvalue weighted by atomic mass is 9.94. The summed E-state index contributed by atoms with van der Waals surface area (Å²) < 4.78 is 13.3. The van der Waals surface area contributed by atoms with E-state index in [0.29, 0.717) is 37.4 Å². The Morgan fingerprint density at radius 3 is 2.69 bits per heavy atom. The summed E-state index contributed by atoms with van der Waals surface area (Å²) in [5.74, 6) is 0.0122. The monoisotopic (exact) mass is 487 g/mol. The highest BCUT2D eigenvalue weighted by Gasteiger charge is 2.45. The van der Waals surface area contributed by atoms with Crippen molar-refractivity contribution in [3.8, 4) is 11.5 Å². The van der Waals surface area contributed by atoms with Crippen LogP contribution in [0.1, 0.15) is 43.0 Å². The number of carbonyl (C=O) groups is 2. The van der Waals surface area contributed by atoms with Crippen LogP contribution in [0.3, 0.4) is 0 Å². The summed E-state index contributed by atoms with van der Waals surface area (Å²) in [6.45, 7) is 5.44. The molecule has 5 rings (SSSR count). The molecule has 0 unspecified atom stereocenters. The normalized spacial score (nSPS) is 20.4. The van der Waals surface area contributed by atoms with Crippen molar-refractivity contribution in [2.45, 2.75) is 45.4 Å². The van der Waals surface area contributed by atoms with Crippen LogP contribution in [-0.4, -0.2) is 50.5 Å². The van der Waals surface area contributed by atoms with Crippen molar-refractivity contribution in [2.75, 3.05) is 13.2 Å². The SMILES string of the molecule is CCOc1ccc([C@@H]2C(=C(O)c3ccc4c(c3)C[C@H](C)O4)C(=O)C(=O)N2CCCn2ccnc2)cc1. The van der Waals surface area contributed by atoms with E-state index in [1.54, 1.807) is 29.6 Å². The van der Waals surface area contributed by atoms with Gasteiger partial charge in [0.15, 0.2) is 0 Å². The van der Waals surface area contributed by atoms with Crippen LogP contribution in [0, 0.1) is 0 Å². The minimum absolute atomic E-state index is 0.0577. The van der Waals surface area contributed by atoms with E-state index in [-0.39, 0.29) is 17.4 Å². The molecule has 2 aromatic carbocycles. The smallest absolute Gasteiger partial charge is 0.295 e. The van der Waals surface area contributed by atoms with Crippen LogP contribution < -0.4 is 9.47 Å². The number of imidazole rings is 1. The first-order valence-corrected chi connectivity index (χ1v) is 12.2. The number of carbonyl (C=O) groups excluding carboxylic acids is 2. The molecule has 0 radical (unpaired) electrons. The third-order valence-corrected chi connectivity index (χ3v) is 6.59. The molecule has 1 amide bonds. The van der Waals surface area contributed by atoms with Gasteiger partial charge in [-0.3, -0.25) is 9.59 Å². The Hall–Kier alpha value is -4.07. The molecule has 1 N–H and O–H groups in total. The van der Waals surface area contributed by atoms with Crippen molar-refractivity contribution in [1.82, 2.24) is 14.5 Å². The van der Waals surface area contributed by atoms with E-state index in [9.17, 15) is 14.7 Å². The van der Waals surface area contributed by atoms with Gasteiger partial charge in [-0.05, 0) is 61.7 Å². The molecule has 2 aliphatic heterocycles. The first kappa shape index (κ1) is 23.7. The lowest BCUT2D eigenvalue weighted by Crippen LogP contribution is -2.31. The summed E-state index contributed by atoms with van der Waals surface area (Å²) in [7, 11) is 0. The van der Waals surface area contributed by atoms with Crippen molar-refractivity contribution in [3.05, 3.63) is 83.4 Å². The van der Waals surface area contributed by atoms with Gasteiger partial charge >= 0.3 is 0 Å². The number of hydrogen-bond acceptors (Lipinski definition) is 6. The molecular weight excluding hydrogens is 458 g/mol. The maximum absolute atomic E-state index is 13.3. The summed E-state index contributed by atoms with van der Waals surface area (Å²) in [5, 5.41) is 11.4. The van der Waals surface area contributed by atoms with Gasteiger partial charge in [0.25, 0.3) is 11.7 Å². The Morgan fingerprint density at radius 2 is 1.97 bits per heavy atom. The van der Waals surface area contributed by atoms with Gasteiger partial charge in [0.1, 0.15) is 23.4 Å². The second-order valence-corrected chi connectivity index (χ2v) is 9.10. The zero-order chi connectivity index (χ0) is 25.2. The van der Waals surface area contributed by atoms with E-state index in [0.717, 1.165) is 23.3 Å². The lowest BCUT2D eigenvalue weighted by molar-refractivity contribution is -0.139. The molecule has 3 heterocycles. The van der Waals surface area contributed by atoms with E-state index in [1.807, 2.05) is 54.9 Å². The van der Waals surface area contributed by atoms with Gasteiger partial charge in [-0.15, -0.1) is 0 Å². The fraction of sp³-hybridized carbons (Fsp3) is 0.321. The number of aryl methyl sites for hydroxylation is 1. The van der Waals surface area contributed by atoms with E-state index in [1.165, 1.54) is 0 Å². The molecule has 1 fully saturated rings. The molecule has 186 valence electrons. The number of ether oxygens (including phenoxy) is 2. The summed E-state index contributed by atoms with van der Waals surface area (Å²) in [6.07, 6.45) is 6.69. The van der Waals surface area contributed by atoms with Crippen LogP contribution in [0.4, 0.5) is 0 Å². The van der Waals surface area contributed by atoms with Gasteiger partial charge in [-0.1, -0.05) is 12.1 Å². The number of aliphatic hydroxyl groups is 1. The zero-order valence-corrected chi connectivity index (χ0v) is 20.4. The van der Waals surface area contributed by atoms with Gasteiger partial charge in [0.05, 0.1) is 24.5 Å². The fourth-order valence-electron chi connectivity index (χ4n) is 4.94. The average molecular weight is 488 g/mol. The number of aliphatic hydroxyl groups excluding tert-OH is 1.